The van der Waals surface area contributed by atoms with Gasteiger partial charge in [-0.3, -0.25) is 0 Å². The van der Waals surface area contributed by atoms with Gasteiger partial charge in [-0.1, -0.05) is 5.10 Å². The molecule has 84 valence electrons. The van der Waals surface area contributed by atoms with Gasteiger partial charge in [0.05, 0.1) is 0 Å². The predicted octanol–water partition coefficient (Wildman–Crippen LogP) is 0.977. The fraction of sp³-hybridized carbons (Fsp3) is 0.875. The summed E-state index contributed by atoms with van der Waals surface area (Å²) < 4.78 is 6.08. The third-order valence-electron chi connectivity index (χ3n) is 2.28. The molecule has 0 radical (unpaired) electrons. The van der Waals surface area contributed by atoms with Gasteiger partial charge in [0.2, 0.25) is 0 Å². The molecule has 6 nitrogen and oxygen atoms in total. The second-order valence-electron chi connectivity index (χ2n) is 4.73. The van der Waals surface area contributed by atoms with Gasteiger partial charge in [-0.15, -0.1) is 5.10 Å². The van der Waals surface area contributed by atoms with Gasteiger partial charge in [0.15, 0.2) is 8.32 Å². The van der Waals surface area contributed by atoms with Crippen LogP contribution in [0.4, 0.5) is 5.95 Å². The standard InChI is InChI=1S/C8H17N5OSi/c1-15(2,3)14-7-5-4-6-13(7)8-9-11-12-10-8/h7H,4-6H2,1-3H3,(H,9,10,11,12). The van der Waals surface area contributed by atoms with Crippen LogP contribution < -0.4 is 4.90 Å². The van der Waals surface area contributed by atoms with Crippen LogP contribution in [0.5, 0.6) is 0 Å². The second-order valence-corrected chi connectivity index (χ2v) is 9.19. The van der Waals surface area contributed by atoms with E-state index in [-0.39, 0.29) is 6.23 Å². The molecule has 2 heterocycles. The van der Waals surface area contributed by atoms with Crippen LogP contribution in [-0.2, 0) is 4.43 Å². The smallest absolute Gasteiger partial charge is 0.267 e. The highest BCUT2D eigenvalue weighted by Gasteiger charge is 2.31. The Morgan fingerprint density at radius 3 is 2.87 bits per heavy atom. The number of rotatable bonds is 3. The zero-order chi connectivity index (χ0) is 10.9. The van der Waals surface area contributed by atoms with E-state index in [4.69, 9.17) is 4.43 Å². The summed E-state index contributed by atoms with van der Waals surface area (Å²) in [7, 11) is -1.50. The number of H-pyrrole nitrogens is 1. The van der Waals surface area contributed by atoms with E-state index in [0.29, 0.717) is 5.95 Å². The normalized spacial score (nSPS) is 22.3. The number of tetrazole rings is 1. The van der Waals surface area contributed by atoms with Crippen molar-refractivity contribution in [3.8, 4) is 0 Å². The van der Waals surface area contributed by atoms with Gasteiger partial charge in [0.25, 0.3) is 5.95 Å². The molecule has 7 heteroatoms. The number of nitrogens with zero attached hydrogens (tertiary/aromatic N) is 4. The van der Waals surface area contributed by atoms with Gasteiger partial charge >= 0.3 is 0 Å². The van der Waals surface area contributed by atoms with Crippen molar-refractivity contribution in [3.05, 3.63) is 0 Å². The van der Waals surface area contributed by atoms with Crippen molar-refractivity contribution in [2.45, 2.75) is 38.7 Å². The minimum Gasteiger partial charge on any atom is -0.398 e. The Balaban J connectivity index is 2.06. The van der Waals surface area contributed by atoms with E-state index < -0.39 is 8.32 Å². The van der Waals surface area contributed by atoms with Crippen LogP contribution in [0.2, 0.25) is 19.6 Å². The molecule has 1 unspecified atom stereocenters. The molecule has 0 aliphatic carbocycles. The number of nitrogens with one attached hydrogen (secondary N) is 1. The quantitative estimate of drug-likeness (QED) is 0.780. The molecular weight excluding hydrogens is 210 g/mol. The van der Waals surface area contributed by atoms with E-state index in [1.807, 2.05) is 0 Å². The summed E-state index contributed by atoms with van der Waals surface area (Å²) in [5, 5.41) is 14.0. The van der Waals surface area contributed by atoms with Crippen molar-refractivity contribution in [2.75, 3.05) is 11.4 Å². The average molecular weight is 227 g/mol. The fourth-order valence-electron chi connectivity index (χ4n) is 1.77. The molecule has 1 fully saturated rings. The predicted molar refractivity (Wildman–Crippen MR) is 59.0 cm³/mol. The van der Waals surface area contributed by atoms with Crippen molar-refractivity contribution >= 4 is 14.3 Å². The highest BCUT2D eigenvalue weighted by Crippen LogP contribution is 2.24. The lowest BCUT2D eigenvalue weighted by Crippen LogP contribution is -2.40. The van der Waals surface area contributed by atoms with Gasteiger partial charge in [0, 0.05) is 6.54 Å². The molecule has 0 amide bonds. The zero-order valence-electron chi connectivity index (χ0n) is 9.40. The first-order valence-electron chi connectivity index (χ1n) is 5.24. The Hall–Kier alpha value is -0.953. The summed E-state index contributed by atoms with van der Waals surface area (Å²) in [6.07, 6.45) is 2.32. The van der Waals surface area contributed by atoms with E-state index in [1.54, 1.807) is 0 Å². The van der Waals surface area contributed by atoms with E-state index in [2.05, 4.69) is 45.2 Å². The summed E-state index contributed by atoms with van der Waals surface area (Å²) >= 11 is 0. The maximum absolute atomic E-state index is 6.08. The number of hydrogen-bond donors (Lipinski definition) is 1. The highest BCUT2D eigenvalue weighted by atomic mass is 28.4. The lowest BCUT2D eigenvalue weighted by Gasteiger charge is -2.29. The molecule has 1 aromatic heterocycles. The molecule has 0 saturated carbocycles. The third-order valence-corrected chi connectivity index (χ3v) is 3.26. The Labute approximate surface area is 90.1 Å². The first kappa shape index (κ1) is 10.6. The van der Waals surface area contributed by atoms with Crippen LogP contribution >= 0.6 is 0 Å². The number of aromatic amines is 1. The molecule has 15 heavy (non-hydrogen) atoms. The number of aromatic nitrogens is 4. The Bertz CT molecular complexity index is 309. The summed E-state index contributed by atoms with van der Waals surface area (Å²) in [5.41, 5.74) is 0. The van der Waals surface area contributed by atoms with Crippen LogP contribution in [0.15, 0.2) is 0 Å². The molecule has 0 bridgehead atoms. The first-order valence-corrected chi connectivity index (χ1v) is 8.65. The molecule has 1 N–H and O–H groups in total. The lowest BCUT2D eigenvalue weighted by atomic mass is 10.4. The van der Waals surface area contributed by atoms with E-state index in [1.165, 1.54) is 0 Å². The summed E-state index contributed by atoms with van der Waals surface area (Å²) in [5.74, 6) is 0.649. The number of anilines is 1. The molecule has 0 spiro atoms. The molecule has 0 aromatic carbocycles. The maximum atomic E-state index is 6.08. The SMILES string of the molecule is C[Si](C)(C)OC1CCCN1c1nn[nH]n1. The first-order chi connectivity index (χ1) is 7.06. The van der Waals surface area contributed by atoms with Gasteiger partial charge in [0.1, 0.15) is 6.23 Å². The van der Waals surface area contributed by atoms with Gasteiger partial charge in [-0.25, -0.2) is 0 Å². The molecular formula is C8H17N5OSi. The minimum atomic E-state index is -1.50. The molecule has 1 saturated heterocycles. The van der Waals surface area contributed by atoms with Gasteiger partial charge in [-0.2, -0.15) is 5.21 Å². The molecule has 2 rings (SSSR count). The topological polar surface area (TPSA) is 66.9 Å². The van der Waals surface area contributed by atoms with Gasteiger partial charge < -0.3 is 9.33 Å². The van der Waals surface area contributed by atoms with Gasteiger partial charge in [-0.05, 0) is 37.7 Å². The highest BCUT2D eigenvalue weighted by molar-refractivity contribution is 6.69. The lowest BCUT2D eigenvalue weighted by molar-refractivity contribution is 0.203. The Morgan fingerprint density at radius 1 is 1.47 bits per heavy atom. The van der Waals surface area contributed by atoms with Crippen molar-refractivity contribution in [3.63, 3.8) is 0 Å². The summed E-state index contributed by atoms with van der Waals surface area (Å²) in [6.45, 7) is 7.54. The van der Waals surface area contributed by atoms with Crippen LogP contribution in [0.3, 0.4) is 0 Å². The third kappa shape index (κ3) is 2.54. The molecule has 1 aliphatic heterocycles. The van der Waals surface area contributed by atoms with Crippen LogP contribution in [-0.4, -0.2) is 41.7 Å². The van der Waals surface area contributed by atoms with E-state index in [9.17, 15) is 0 Å². The Kier molecular flexibility index (Phi) is 2.74. The van der Waals surface area contributed by atoms with E-state index in [0.717, 1.165) is 19.4 Å². The Morgan fingerprint density at radius 2 is 2.27 bits per heavy atom. The summed E-state index contributed by atoms with van der Waals surface area (Å²) in [4.78, 5) is 2.09. The molecule has 1 aromatic rings. The van der Waals surface area contributed by atoms with Crippen molar-refractivity contribution in [2.24, 2.45) is 0 Å². The van der Waals surface area contributed by atoms with Crippen LogP contribution in [0, 0.1) is 0 Å². The second kappa shape index (κ2) is 3.90. The monoisotopic (exact) mass is 227 g/mol. The van der Waals surface area contributed by atoms with Crippen molar-refractivity contribution in [1.29, 1.82) is 0 Å². The minimum absolute atomic E-state index is 0.134. The van der Waals surface area contributed by atoms with Crippen molar-refractivity contribution < 1.29 is 4.43 Å². The maximum Gasteiger partial charge on any atom is 0.267 e. The van der Waals surface area contributed by atoms with Crippen LogP contribution in [0.1, 0.15) is 12.8 Å². The largest absolute Gasteiger partial charge is 0.398 e. The zero-order valence-corrected chi connectivity index (χ0v) is 10.4. The van der Waals surface area contributed by atoms with E-state index >= 15 is 0 Å². The average Bonchev–Trinajstić information content (AvgIpc) is 2.68. The van der Waals surface area contributed by atoms with Crippen molar-refractivity contribution in [1.82, 2.24) is 20.6 Å². The molecule has 1 atom stereocenters. The fourth-order valence-corrected chi connectivity index (χ4v) is 2.84. The number of hydrogen-bond acceptors (Lipinski definition) is 5. The molecule has 1 aliphatic rings. The summed E-state index contributed by atoms with van der Waals surface area (Å²) in [6, 6.07) is 0. The van der Waals surface area contributed by atoms with Crippen LogP contribution in [0.25, 0.3) is 0 Å².